The second kappa shape index (κ2) is 6.70. The number of carbonyl (C=O) groups excluding carboxylic acids is 2. The molecule has 0 N–H and O–H groups in total. The number of ketones is 1. The van der Waals surface area contributed by atoms with Crippen molar-refractivity contribution in [2.45, 2.75) is 12.5 Å². The average Bonchev–Trinajstić information content (AvgIpc) is 3.10. The van der Waals surface area contributed by atoms with Gasteiger partial charge in [-0.05, 0) is 18.2 Å². The van der Waals surface area contributed by atoms with Crippen molar-refractivity contribution in [2.24, 2.45) is 0 Å². The second-order valence-electron chi connectivity index (χ2n) is 5.19. The van der Waals surface area contributed by atoms with Crippen LogP contribution in [0.25, 0.3) is 0 Å². The highest BCUT2D eigenvalue weighted by atomic mass is 19.1. The van der Waals surface area contributed by atoms with E-state index in [0.29, 0.717) is 13.2 Å². The zero-order valence-corrected chi connectivity index (χ0v) is 12.3. The first-order chi connectivity index (χ1) is 11.2. The quantitative estimate of drug-likeness (QED) is 0.805. The number of ether oxygens (including phenoxy) is 1. The lowest BCUT2D eigenvalue weighted by atomic mass is 10.1. The van der Waals surface area contributed by atoms with E-state index in [1.807, 2.05) is 0 Å². The molecule has 0 unspecified atom stereocenters. The van der Waals surface area contributed by atoms with Gasteiger partial charge in [0.1, 0.15) is 0 Å². The van der Waals surface area contributed by atoms with Gasteiger partial charge in [0.15, 0.2) is 17.4 Å². The lowest BCUT2D eigenvalue weighted by Crippen LogP contribution is -2.49. The first-order valence-electron chi connectivity index (χ1n) is 7.21. The Balaban J connectivity index is 1.77. The Kier molecular flexibility index (Phi) is 4.47. The molecular formula is C16H15FN2O4. The number of Topliss-reactive ketones (excluding diaryl/α,β-unsaturated/α-hetero) is 1. The summed E-state index contributed by atoms with van der Waals surface area (Å²) >= 11 is 0. The van der Waals surface area contributed by atoms with Crippen LogP contribution in [0, 0.1) is 5.82 Å². The van der Waals surface area contributed by atoms with Gasteiger partial charge in [0.25, 0.3) is 5.91 Å². The van der Waals surface area contributed by atoms with Crippen molar-refractivity contribution in [3.8, 4) is 0 Å². The number of morpholine rings is 1. The predicted molar refractivity (Wildman–Crippen MR) is 77.5 cm³/mol. The van der Waals surface area contributed by atoms with E-state index in [-0.39, 0.29) is 30.1 Å². The number of pyridine rings is 1. The Bertz CT molecular complexity index is 702. The number of furan rings is 1. The molecule has 1 fully saturated rings. The van der Waals surface area contributed by atoms with Gasteiger partial charge in [0.2, 0.25) is 0 Å². The Morgan fingerprint density at radius 2 is 2.26 bits per heavy atom. The minimum atomic E-state index is -0.680. The number of nitrogens with zero attached hydrogens (tertiary/aromatic N) is 2. The molecule has 1 aliphatic rings. The van der Waals surface area contributed by atoms with Gasteiger partial charge in [-0.3, -0.25) is 14.6 Å². The van der Waals surface area contributed by atoms with Crippen LogP contribution in [0.1, 0.15) is 27.3 Å². The summed E-state index contributed by atoms with van der Waals surface area (Å²) in [6.45, 7) is 0.880. The molecule has 0 radical (unpaired) electrons. The lowest BCUT2D eigenvalue weighted by molar-refractivity contribution is -0.00326. The normalized spacial score (nSPS) is 18.0. The van der Waals surface area contributed by atoms with E-state index in [1.54, 1.807) is 12.1 Å². The fourth-order valence-corrected chi connectivity index (χ4v) is 2.55. The van der Waals surface area contributed by atoms with E-state index in [2.05, 4.69) is 4.98 Å². The van der Waals surface area contributed by atoms with E-state index in [4.69, 9.17) is 9.15 Å². The van der Waals surface area contributed by atoms with Gasteiger partial charge < -0.3 is 14.1 Å². The molecule has 1 aliphatic heterocycles. The highest BCUT2D eigenvalue weighted by Crippen LogP contribution is 2.18. The molecule has 0 aliphatic carbocycles. The number of hydrogen-bond acceptors (Lipinski definition) is 5. The summed E-state index contributed by atoms with van der Waals surface area (Å²) in [5, 5.41) is 0. The van der Waals surface area contributed by atoms with Crippen molar-refractivity contribution < 1.29 is 23.1 Å². The predicted octanol–water partition coefficient (Wildman–Crippen LogP) is 1.93. The van der Waals surface area contributed by atoms with Crippen LogP contribution < -0.4 is 0 Å². The highest BCUT2D eigenvalue weighted by molar-refractivity contribution is 5.96. The van der Waals surface area contributed by atoms with Gasteiger partial charge >= 0.3 is 0 Å². The molecule has 23 heavy (non-hydrogen) atoms. The van der Waals surface area contributed by atoms with Crippen molar-refractivity contribution in [3.63, 3.8) is 0 Å². The summed E-state index contributed by atoms with van der Waals surface area (Å²) in [6, 6.07) is 4.07. The van der Waals surface area contributed by atoms with Crippen LogP contribution >= 0.6 is 0 Å². The van der Waals surface area contributed by atoms with E-state index in [9.17, 15) is 14.0 Å². The minimum absolute atomic E-state index is 0.0580. The molecule has 2 aromatic heterocycles. The molecule has 0 saturated carbocycles. The van der Waals surface area contributed by atoms with Crippen LogP contribution in [0.2, 0.25) is 0 Å². The third-order valence-electron chi connectivity index (χ3n) is 3.71. The lowest BCUT2D eigenvalue weighted by Gasteiger charge is -2.35. The maximum Gasteiger partial charge on any atom is 0.257 e. The summed E-state index contributed by atoms with van der Waals surface area (Å²) < 4.78 is 24.2. The number of hydrogen-bond donors (Lipinski definition) is 0. The topological polar surface area (TPSA) is 72.6 Å². The zero-order valence-electron chi connectivity index (χ0n) is 12.3. The molecule has 0 spiro atoms. The molecule has 7 heteroatoms. The number of halogens is 1. The third-order valence-corrected chi connectivity index (χ3v) is 3.71. The molecule has 1 atom stereocenters. The van der Waals surface area contributed by atoms with E-state index in [1.165, 1.54) is 23.4 Å². The van der Waals surface area contributed by atoms with Crippen molar-refractivity contribution >= 4 is 11.7 Å². The second-order valence-corrected chi connectivity index (χ2v) is 5.19. The fraction of sp³-hybridized carbons (Fsp3) is 0.312. The summed E-state index contributed by atoms with van der Waals surface area (Å²) in [5.74, 6) is -1.14. The van der Waals surface area contributed by atoms with Crippen LogP contribution in [-0.4, -0.2) is 47.4 Å². The molecule has 0 aromatic carbocycles. The van der Waals surface area contributed by atoms with Crippen LogP contribution in [-0.2, 0) is 4.74 Å². The van der Waals surface area contributed by atoms with Gasteiger partial charge in [0, 0.05) is 19.2 Å². The molecule has 2 aromatic rings. The zero-order chi connectivity index (χ0) is 16.2. The van der Waals surface area contributed by atoms with Crippen molar-refractivity contribution in [1.82, 2.24) is 9.88 Å². The van der Waals surface area contributed by atoms with E-state index < -0.39 is 17.8 Å². The SMILES string of the molecule is O=C(C[C@@H]1COCCN1C(=O)c1ccncc1F)c1ccco1. The van der Waals surface area contributed by atoms with Crippen LogP contribution in [0.4, 0.5) is 4.39 Å². The molecule has 0 bridgehead atoms. The molecular weight excluding hydrogens is 303 g/mol. The molecule has 3 heterocycles. The first-order valence-corrected chi connectivity index (χ1v) is 7.21. The van der Waals surface area contributed by atoms with Crippen molar-refractivity contribution in [3.05, 3.63) is 54.0 Å². The number of aromatic nitrogens is 1. The highest BCUT2D eigenvalue weighted by Gasteiger charge is 2.31. The number of rotatable bonds is 4. The van der Waals surface area contributed by atoms with Crippen molar-refractivity contribution in [1.29, 1.82) is 0 Å². The van der Waals surface area contributed by atoms with Gasteiger partial charge in [-0.1, -0.05) is 0 Å². The summed E-state index contributed by atoms with van der Waals surface area (Å²) in [6.07, 6.45) is 3.84. The minimum Gasteiger partial charge on any atom is -0.461 e. The van der Waals surface area contributed by atoms with Crippen LogP contribution in [0.15, 0.2) is 41.3 Å². The summed E-state index contributed by atoms with van der Waals surface area (Å²) in [4.78, 5) is 29.9. The van der Waals surface area contributed by atoms with Gasteiger partial charge in [-0.15, -0.1) is 0 Å². The maximum atomic E-state index is 13.8. The van der Waals surface area contributed by atoms with Crippen molar-refractivity contribution in [2.75, 3.05) is 19.8 Å². The summed E-state index contributed by atoms with van der Waals surface area (Å²) in [5.41, 5.74) is -0.0580. The first kappa shape index (κ1) is 15.4. The van der Waals surface area contributed by atoms with Gasteiger partial charge in [0.05, 0.1) is 37.3 Å². The van der Waals surface area contributed by atoms with E-state index >= 15 is 0 Å². The van der Waals surface area contributed by atoms with Gasteiger partial charge in [-0.2, -0.15) is 0 Å². The molecule has 1 saturated heterocycles. The third kappa shape index (κ3) is 3.29. The molecule has 120 valence electrons. The van der Waals surface area contributed by atoms with E-state index in [0.717, 1.165) is 6.20 Å². The Hall–Kier alpha value is -2.54. The fourth-order valence-electron chi connectivity index (χ4n) is 2.55. The monoisotopic (exact) mass is 318 g/mol. The summed E-state index contributed by atoms with van der Waals surface area (Å²) in [7, 11) is 0. The smallest absolute Gasteiger partial charge is 0.257 e. The van der Waals surface area contributed by atoms with Crippen LogP contribution in [0.5, 0.6) is 0 Å². The van der Waals surface area contributed by atoms with Crippen LogP contribution in [0.3, 0.4) is 0 Å². The number of amides is 1. The average molecular weight is 318 g/mol. The Morgan fingerprint density at radius 3 is 3.00 bits per heavy atom. The Morgan fingerprint density at radius 1 is 1.39 bits per heavy atom. The maximum absolute atomic E-state index is 13.8. The Labute approximate surface area is 131 Å². The standard InChI is InChI=1S/C16H15FN2O4/c17-13-9-18-4-3-12(13)16(21)19-5-7-22-10-11(19)8-14(20)15-2-1-6-23-15/h1-4,6,9,11H,5,7-8,10H2/t11-/m1/s1. The number of carbonyl (C=O) groups is 2. The van der Waals surface area contributed by atoms with Gasteiger partial charge in [-0.25, -0.2) is 4.39 Å². The largest absolute Gasteiger partial charge is 0.461 e. The molecule has 3 rings (SSSR count). The molecule has 6 nitrogen and oxygen atoms in total. The molecule has 1 amide bonds.